The van der Waals surface area contributed by atoms with Gasteiger partial charge in [-0.3, -0.25) is 4.79 Å². The largest absolute Gasteiger partial charge is 0.586 e. The van der Waals surface area contributed by atoms with E-state index in [-0.39, 0.29) is 18.0 Å². The fourth-order valence-corrected chi connectivity index (χ4v) is 1.83. The monoisotopic (exact) mass is 337 g/mol. The highest BCUT2D eigenvalue weighted by Crippen LogP contribution is 2.42. The first-order valence-electron chi connectivity index (χ1n) is 5.27. The molecule has 8 heteroatoms. The molecule has 0 saturated carbocycles. The smallest absolute Gasteiger partial charge is 0.468 e. The Hall–Kier alpha value is -1.57. The Morgan fingerprint density at radius 1 is 1.47 bits per heavy atom. The Morgan fingerprint density at radius 3 is 2.84 bits per heavy atom. The Bertz CT molecular complexity index is 498. The number of halogens is 3. The predicted molar refractivity (Wildman–Crippen MR) is 65.9 cm³/mol. The molecule has 0 saturated heterocycles. The Kier molecular flexibility index (Phi) is 3.79. The van der Waals surface area contributed by atoms with Crippen LogP contribution in [-0.4, -0.2) is 30.7 Å². The highest BCUT2D eigenvalue weighted by Gasteiger charge is 2.43. The van der Waals surface area contributed by atoms with E-state index < -0.39 is 17.1 Å². The van der Waals surface area contributed by atoms with Crippen LogP contribution >= 0.6 is 15.9 Å². The van der Waals surface area contributed by atoms with Crippen LogP contribution in [0.15, 0.2) is 18.2 Å². The van der Waals surface area contributed by atoms with Crippen LogP contribution in [0.4, 0.5) is 14.5 Å². The van der Waals surface area contributed by atoms with Crippen molar-refractivity contribution >= 4 is 27.6 Å². The minimum atomic E-state index is -3.63. The molecular formula is C11H10BrF2NO4. The summed E-state index contributed by atoms with van der Waals surface area (Å²) in [7, 11) is 1.28. The summed E-state index contributed by atoms with van der Waals surface area (Å²) in [6.45, 7) is 0.239. The molecule has 104 valence electrons. The zero-order valence-corrected chi connectivity index (χ0v) is 11.4. The Morgan fingerprint density at radius 2 is 2.16 bits per heavy atom. The lowest BCUT2D eigenvalue weighted by atomic mass is 10.2. The zero-order valence-electron chi connectivity index (χ0n) is 9.78. The summed E-state index contributed by atoms with van der Waals surface area (Å²) in [5, 5.41) is 2.89. The molecule has 1 aliphatic rings. The number of methoxy groups -OCH3 is 1. The van der Waals surface area contributed by atoms with E-state index in [1.165, 1.54) is 19.2 Å². The molecule has 1 unspecified atom stereocenters. The molecule has 0 aromatic heterocycles. The molecule has 1 N–H and O–H groups in total. The van der Waals surface area contributed by atoms with Crippen LogP contribution < -0.4 is 14.8 Å². The first kappa shape index (κ1) is 13.9. The topological polar surface area (TPSA) is 56.8 Å². The molecule has 0 aliphatic carbocycles. The first-order chi connectivity index (χ1) is 8.91. The number of esters is 1. The maximum atomic E-state index is 12.8. The number of fused-ring (bicyclic) bond motifs is 1. The number of nitrogens with one attached hydrogen (secondary N) is 1. The fraction of sp³-hybridized carbons (Fsp3) is 0.364. The molecule has 1 heterocycles. The summed E-state index contributed by atoms with van der Waals surface area (Å²) in [6, 6.07) is 4.27. The summed E-state index contributed by atoms with van der Waals surface area (Å²) < 4.78 is 38.7. The highest BCUT2D eigenvalue weighted by atomic mass is 79.9. The van der Waals surface area contributed by atoms with Crippen molar-refractivity contribution in [3.8, 4) is 11.5 Å². The van der Waals surface area contributed by atoms with Crippen molar-refractivity contribution < 1.29 is 27.8 Å². The quantitative estimate of drug-likeness (QED) is 0.675. The van der Waals surface area contributed by atoms with Gasteiger partial charge in [0.25, 0.3) is 0 Å². The van der Waals surface area contributed by atoms with Gasteiger partial charge in [-0.25, -0.2) is 0 Å². The van der Waals surface area contributed by atoms with Gasteiger partial charge in [0.2, 0.25) is 0 Å². The normalized spacial score (nSPS) is 16.8. The lowest BCUT2D eigenvalue weighted by Gasteiger charge is -2.10. The van der Waals surface area contributed by atoms with Gasteiger partial charge in [-0.05, 0) is 12.1 Å². The molecule has 1 aromatic rings. The van der Waals surface area contributed by atoms with E-state index in [0.29, 0.717) is 5.69 Å². The minimum absolute atomic E-state index is 0.0288. The van der Waals surface area contributed by atoms with Crippen molar-refractivity contribution in [2.24, 2.45) is 0 Å². The average Bonchev–Trinajstić information content (AvgIpc) is 2.67. The second-order valence-electron chi connectivity index (χ2n) is 3.70. The SMILES string of the molecule is COC(=O)C(Br)CNc1ccc2c(c1)OC(F)(F)O2. The second kappa shape index (κ2) is 5.20. The maximum Gasteiger partial charge on any atom is 0.586 e. The van der Waals surface area contributed by atoms with Crippen LogP contribution in [-0.2, 0) is 9.53 Å². The summed E-state index contributed by atoms with van der Waals surface area (Å²) >= 11 is 3.13. The van der Waals surface area contributed by atoms with Crippen molar-refractivity contribution in [3.63, 3.8) is 0 Å². The van der Waals surface area contributed by atoms with Crippen molar-refractivity contribution in [3.05, 3.63) is 18.2 Å². The molecule has 0 amide bonds. The van der Waals surface area contributed by atoms with Crippen molar-refractivity contribution in [1.29, 1.82) is 0 Å². The van der Waals surface area contributed by atoms with E-state index in [2.05, 4.69) is 35.5 Å². The second-order valence-corrected chi connectivity index (χ2v) is 4.81. The number of hydrogen-bond donors (Lipinski definition) is 1. The molecule has 0 fully saturated rings. The third kappa shape index (κ3) is 3.25. The standard InChI is InChI=1S/C11H10BrF2NO4/c1-17-10(16)7(12)5-15-6-2-3-8-9(4-6)19-11(13,14)18-8/h2-4,7,15H,5H2,1H3. The van der Waals surface area contributed by atoms with Gasteiger partial charge in [-0.15, -0.1) is 8.78 Å². The van der Waals surface area contributed by atoms with Crippen LogP contribution in [0.25, 0.3) is 0 Å². The van der Waals surface area contributed by atoms with Crippen LogP contribution in [0.3, 0.4) is 0 Å². The number of benzene rings is 1. The number of alkyl halides is 3. The zero-order chi connectivity index (χ0) is 14.0. The molecule has 0 spiro atoms. The van der Waals surface area contributed by atoms with E-state index in [1.807, 2.05) is 0 Å². The van der Waals surface area contributed by atoms with Gasteiger partial charge in [0.15, 0.2) is 11.5 Å². The minimum Gasteiger partial charge on any atom is -0.468 e. The third-order valence-corrected chi connectivity index (χ3v) is 3.04. The van der Waals surface area contributed by atoms with Crippen LogP contribution in [0.2, 0.25) is 0 Å². The van der Waals surface area contributed by atoms with E-state index in [4.69, 9.17) is 0 Å². The lowest BCUT2D eigenvalue weighted by Crippen LogP contribution is -2.26. The van der Waals surface area contributed by atoms with Gasteiger partial charge in [0, 0.05) is 18.3 Å². The van der Waals surface area contributed by atoms with E-state index in [9.17, 15) is 13.6 Å². The van der Waals surface area contributed by atoms with Crippen LogP contribution in [0.1, 0.15) is 0 Å². The third-order valence-electron chi connectivity index (χ3n) is 2.34. The summed E-state index contributed by atoms with van der Waals surface area (Å²) in [5.74, 6) is -0.516. The van der Waals surface area contributed by atoms with Crippen LogP contribution in [0.5, 0.6) is 11.5 Å². The van der Waals surface area contributed by atoms with Crippen molar-refractivity contribution in [2.45, 2.75) is 11.1 Å². The number of anilines is 1. The molecule has 1 aromatic carbocycles. The number of ether oxygens (including phenoxy) is 3. The average molecular weight is 338 g/mol. The first-order valence-corrected chi connectivity index (χ1v) is 6.18. The Balaban J connectivity index is 1.99. The molecule has 5 nitrogen and oxygen atoms in total. The van der Waals surface area contributed by atoms with E-state index in [1.54, 1.807) is 6.07 Å². The fourth-order valence-electron chi connectivity index (χ4n) is 1.48. The highest BCUT2D eigenvalue weighted by molar-refractivity contribution is 9.10. The number of carbonyl (C=O) groups is 1. The molecule has 1 aliphatic heterocycles. The summed E-state index contributed by atoms with van der Waals surface area (Å²) in [4.78, 5) is 10.6. The molecular weight excluding hydrogens is 328 g/mol. The molecule has 19 heavy (non-hydrogen) atoms. The molecule has 1 atom stereocenters. The van der Waals surface area contributed by atoms with Crippen molar-refractivity contribution in [1.82, 2.24) is 0 Å². The Labute approximate surface area is 116 Å². The van der Waals surface area contributed by atoms with E-state index >= 15 is 0 Å². The van der Waals surface area contributed by atoms with Gasteiger partial charge >= 0.3 is 12.3 Å². The van der Waals surface area contributed by atoms with Gasteiger partial charge < -0.3 is 19.5 Å². The lowest BCUT2D eigenvalue weighted by molar-refractivity contribution is -0.286. The molecule has 2 rings (SSSR count). The summed E-state index contributed by atoms with van der Waals surface area (Å²) in [6.07, 6.45) is -3.63. The van der Waals surface area contributed by atoms with Crippen LogP contribution in [0, 0.1) is 0 Å². The number of rotatable bonds is 4. The van der Waals surface area contributed by atoms with Crippen molar-refractivity contribution in [2.75, 3.05) is 19.0 Å². The maximum absolute atomic E-state index is 12.8. The van der Waals surface area contributed by atoms with Gasteiger partial charge in [0.1, 0.15) is 4.83 Å². The van der Waals surface area contributed by atoms with Gasteiger partial charge in [-0.2, -0.15) is 0 Å². The summed E-state index contributed by atoms with van der Waals surface area (Å²) in [5.41, 5.74) is 0.522. The predicted octanol–water partition coefficient (Wildman–Crippen LogP) is 2.36. The van der Waals surface area contributed by atoms with Gasteiger partial charge in [-0.1, -0.05) is 15.9 Å². The van der Waals surface area contributed by atoms with E-state index in [0.717, 1.165) is 0 Å². The number of carbonyl (C=O) groups excluding carboxylic acids is 1. The van der Waals surface area contributed by atoms with Gasteiger partial charge in [0.05, 0.1) is 7.11 Å². The molecule has 0 radical (unpaired) electrons. The number of hydrogen-bond acceptors (Lipinski definition) is 5. The molecule has 0 bridgehead atoms.